The number of carbonyl (C=O) groups excluding carboxylic acids is 3. The fourth-order valence-electron chi connectivity index (χ4n) is 5.38. The summed E-state index contributed by atoms with van der Waals surface area (Å²) in [5.41, 5.74) is 4.92. The van der Waals surface area contributed by atoms with Crippen LogP contribution < -0.4 is 5.32 Å². The number of hydrogen-bond acceptors (Lipinski definition) is 5. The minimum atomic E-state index is -0.911. The van der Waals surface area contributed by atoms with Crippen molar-refractivity contribution >= 4 is 34.5 Å². The molecule has 36 heavy (non-hydrogen) atoms. The monoisotopic (exact) mass is 489 g/mol. The number of anilines is 1. The van der Waals surface area contributed by atoms with Crippen molar-refractivity contribution in [2.75, 3.05) is 25.5 Å². The van der Waals surface area contributed by atoms with Gasteiger partial charge in [0, 0.05) is 36.7 Å². The molecule has 2 aromatic carbocycles. The van der Waals surface area contributed by atoms with Crippen molar-refractivity contribution in [2.24, 2.45) is 5.92 Å². The van der Waals surface area contributed by atoms with Gasteiger partial charge in [-0.3, -0.25) is 14.7 Å². The Morgan fingerprint density at radius 2 is 1.97 bits per heavy atom. The number of ether oxygens (including phenoxy) is 1. The molecule has 0 saturated carbocycles. The van der Waals surface area contributed by atoms with Crippen molar-refractivity contribution < 1.29 is 19.1 Å². The van der Waals surface area contributed by atoms with E-state index in [9.17, 15) is 14.4 Å². The van der Waals surface area contributed by atoms with Gasteiger partial charge in [0.05, 0.1) is 18.8 Å². The summed E-state index contributed by atoms with van der Waals surface area (Å²) in [6, 6.07) is 11.7. The number of hydrogen-bond donors (Lipinski definition) is 2. The lowest BCUT2D eigenvalue weighted by Crippen LogP contribution is -2.52. The lowest BCUT2D eigenvalue weighted by atomic mass is 9.93. The molecule has 2 aliphatic rings. The molecule has 1 atom stereocenters. The van der Waals surface area contributed by atoms with Crippen LogP contribution in [0.3, 0.4) is 0 Å². The number of urea groups is 1. The molecule has 0 radical (unpaired) electrons. The molecule has 1 aromatic heterocycles. The van der Waals surface area contributed by atoms with E-state index in [2.05, 4.69) is 22.4 Å². The summed E-state index contributed by atoms with van der Waals surface area (Å²) in [6.07, 6.45) is 4.16. The first kappa shape index (κ1) is 23.8. The Labute approximate surface area is 209 Å². The van der Waals surface area contributed by atoms with Gasteiger partial charge in [0.25, 0.3) is 0 Å². The van der Waals surface area contributed by atoms with Crippen molar-refractivity contribution in [1.29, 1.82) is 0 Å². The molecule has 2 aliphatic heterocycles. The molecule has 3 aromatic rings. The van der Waals surface area contributed by atoms with Gasteiger partial charge in [0.15, 0.2) is 0 Å². The molecule has 3 amide bonds. The van der Waals surface area contributed by atoms with Gasteiger partial charge in [-0.1, -0.05) is 31.2 Å². The van der Waals surface area contributed by atoms with Gasteiger partial charge in [-0.25, -0.2) is 4.79 Å². The summed E-state index contributed by atoms with van der Waals surface area (Å²) in [5, 5.41) is 11.1. The first-order valence-corrected chi connectivity index (χ1v) is 12.5. The van der Waals surface area contributed by atoms with Crippen molar-refractivity contribution in [3.8, 4) is 0 Å². The van der Waals surface area contributed by atoms with E-state index in [1.807, 2.05) is 41.3 Å². The van der Waals surface area contributed by atoms with Gasteiger partial charge >= 0.3 is 12.0 Å². The third-order valence-electron chi connectivity index (χ3n) is 7.37. The Morgan fingerprint density at radius 3 is 2.72 bits per heavy atom. The number of likely N-dealkylation sites (tertiary alicyclic amines) is 1. The number of nitrogens with one attached hydrogen (secondary N) is 2. The second-order valence-corrected chi connectivity index (χ2v) is 9.49. The summed E-state index contributed by atoms with van der Waals surface area (Å²) in [6.45, 7) is 3.60. The van der Waals surface area contributed by atoms with E-state index in [-0.39, 0.29) is 24.4 Å². The molecule has 0 spiro atoms. The lowest BCUT2D eigenvalue weighted by molar-refractivity contribution is -0.154. The van der Waals surface area contributed by atoms with Crippen molar-refractivity contribution in [2.45, 2.75) is 45.2 Å². The molecule has 2 N–H and O–H groups in total. The number of methoxy groups -OCH3 is 1. The number of aromatic nitrogens is 2. The molecule has 1 unspecified atom stereocenters. The summed E-state index contributed by atoms with van der Waals surface area (Å²) < 4.78 is 5.02. The number of nitrogens with zero attached hydrogens (tertiary/aromatic N) is 3. The van der Waals surface area contributed by atoms with Crippen molar-refractivity contribution in [1.82, 2.24) is 20.0 Å². The summed E-state index contributed by atoms with van der Waals surface area (Å²) in [7, 11) is 1.32. The van der Waals surface area contributed by atoms with Gasteiger partial charge in [-0.2, -0.15) is 5.10 Å². The number of H-pyrrole nitrogens is 1. The predicted molar refractivity (Wildman–Crippen MR) is 135 cm³/mol. The molecule has 0 aliphatic carbocycles. The molecular formula is C27H31N5O4. The minimum absolute atomic E-state index is 0.0367. The number of aryl methyl sites for hydroxylation is 1. The van der Waals surface area contributed by atoms with E-state index in [1.165, 1.54) is 7.11 Å². The Balaban J connectivity index is 1.27. The minimum Gasteiger partial charge on any atom is -0.468 e. The van der Waals surface area contributed by atoms with Crippen LogP contribution in [0, 0.1) is 5.92 Å². The molecule has 5 rings (SSSR count). The topological polar surface area (TPSA) is 108 Å². The second kappa shape index (κ2) is 10.0. The zero-order chi connectivity index (χ0) is 25.2. The first-order chi connectivity index (χ1) is 17.5. The third-order valence-corrected chi connectivity index (χ3v) is 7.37. The van der Waals surface area contributed by atoms with Gasteiger partial charge in [-0.05, 0) is 54.5 Å². The maximum Gasteiger partial charge on any atom is 0.322 e. The highest BCUT2D eigenvalue weighted by Gasteiger charge is 2.37. The molecule has 188 valence electrons. The number of rotatable bonds is 6. The molecule has 9 nitrogen and oxygen atoms in total. The number of piperidine rings is 1. The summed E-state index contributed by atoms with van der Waals surface area (Å²) >= 11 is 0. The van der Waals surface area contributed by atoms with Crippen LogP contribution in [0.2, 0.25) is 0 Å². The maximum absolute atomic E-state index is 13.5. The third kappa shape index (κ3) is 4.53. The van der Waals surface area contributed by atoms with Crippen LogP contribution in [-0.4, -0.2) is 64.1 Å². The van der Waals surface area contributed by atoms with Crippen LogP contribution in [-0.2, 0) is 33.7 Å². The number of para-hydroxylation sites is 1. The van der Waals surface area contributed by atoms with Crippen molar-refractivity contribution in [3.63, 3.8) is 0 Å². The number of fused-ring (bicyclic) bond motifs is 2. The van der Waals surface area contributed by atoms with E-state index in [1.54, 1.807) is 11.1 Å². The quantitative estimate of drug-likeness (QED) is 0.407. The molecule has 9 heteroatoms. The highest BCUT2D eigenvalue weighted by molar-refractivity contribution is 5.98. The van der Waals surface area contributed by atoms with E-state index < -0.39 is 11.9 Å². The summed E-state index contributed by atoms with van der Waals surface area (Å²) in [5.74, 6) is -1.66. The zero-order valence-corrected chi connectivity index (χ0v) is 20.6. The van der Waals surface area contributed by atoms with Crippen LogP contribution in [0.15, 0.2) is 42.6 Å². The average molecular weight is 490 g/mol. The van der Waals surface area contributed by atoms with E-state index in [0.29, 0.717) is 32.5 Å². The van der Waals surface area contributed by atoms with Crippen LogP contribution in [0.25, 0.3) is 10.9 Å². The number of benzene rings is 2. The molecule has 1 saturated heterocycles. The Kier molecular flexibility index (Phi) is 6.63. The van der Waals surface area contributed by atoms with Crippen LogP contribution in [0.1, 0.15) is 36.5 Å². The van der Waals surface area contributed by atoms with Gasteiger partial charge in [0.1, 0.15) is 5.92 Å². The van der Waals surface area contributed by atoms with Crippen LogP contribution in [0.5, 0.6) is 0 Å². The van der Waals surface area contributed by atoms with Crippen LogP contribution >= 0.6 is 0 Å². The molecule has 3 heterocycles. The maximum atomic E-state index is 13.5. The molecule has 0 bridgehead atoms. The lowest BCUT2D eigenvalue weighted by Gasteiger charge is -2.41. The number of amides is 3. The SMILES string of the molecule is CCc1cc(CC(C(=O)OC)C(=O)N2CCC(N3Cc4ccccc4NC3=O)CC2)cc2cn[nH]c12. The van der Waals surface area contributed by atoms with Crippen molar-refractivity contribution in [3.05, 3.63) is 59.3 Å². The first-order valence-electron chi connectivity index (χ1n) is 12.5. The van der Waals surface area contributed by atoms with E-state index in [0.717, 1.165) is 39.7 Å². The second-order valence-electron chi connectivity index (χ2n) is 9.49. The Hall–Kier alpha value is -3.88. The zero-order valence-electron chi connectivity index (χ0n) is 20.6. The Morgan fingerprint density at radius 1 is 1.19 bits per heavy atom. The molecule has 1 fully saturated rings. The predicted octanol–water partition coefficient (Wildman–Crippen LogP) is 3.50. The molecular weight excluding hydrogens is 458 g/mol. The van der Waals surface area contributed by atoms with Gasteiger partial charge in [0.2, 0.25) is 5.91 Å². The Bertz CT molecular complexity index is 1290. The summed E-state index contributed by atoms with van der Waals surface area (Å²) in [4.78, 5) is 42.5. The standard InChI is InChI=1S/C27H31N5O4/c1-3-18-12-17(13-20-15-28-30-24(18)20)14-22(26(34)36-2)25(33)31-10-8-21(9-11-31)32-16-19-6-4-5-7-23(19)29-27(32)35/h4-7,12-13,15,21-22H,3,8-11,14,16H2,1-2H3,(H,28,30)(H,29,35). The normalized spacial score (nSPS) is 17.0. The fourth-order valence-corrected chi connectivity index (χ4v) is 5.38. The average Bonchev–Trinajstić information content (AvgIpc) is 3.39. The van der Waals surface area contributed by atoms with Gasteiger partial charge < -0.3 is 19.9 Å². The van der Waals surface area contributed by atoms with Gasteiger partial charge in [-0.15, -0.1) is 0 Å². The highest BCUT2D eigenvalue weighted by atomic mass is 16.5. The van der Waals surface area contributed by atoms with Crippen LogP contribution in [0.4, 0.5) is 10.5 Å². The highest BCUT2D eigenvalue weighted by Crippen LogP contribution is 2.29. The smallest absolute Gasteiger partial charge is 0.322 e. The van der Waals surface area contributed by atoms with E-state index >= 15 is 0 Å². The van der Waals surface area contributed by atoms with E-state index in [4.69, 9.17) is 4.74 Å². The fraction of sp³-hybridized carbons (Fsp3) is 0.407. The number of carbonyl (C=O) groups is 3. The number of esters is 1. The largest absolute Gasteiger partial charge is 0.468 e. The number of aromatic amines is 1.